The first-order chi connectivity index (χ1) is 17.6. The zero-order valence-electron chi connectivity index (χ0n) is 21.8. The third-order valence-corrected chi connectivity index (χ3v) is 6.36. The Labute approximate surface area is 217 Å². The van der Waals surface area contributed by atoms with Crippen LogP contribution in [0.15, 0.2) is 36.4 Å². The first-order valence-corrected chi connectivity index (χ1v) is 12.0. The number of hydrogen-bond donors (Lipinski definition) is 1. The molecule has 0 unspecified atom stereocenters. The second kappa shape index (κ2) is 10.8. The van der Waals surface area contributed by atoms with Gasteiger partial charge in [-0.05, 0) is 68.7 Å². The van der Waals surface area contributed by atoms with Gasteiger partial charge in [0.25, 0.3) is 0 Å². The second-order valence-electron chi connectivity index (χ2n) is 9.93. The number of alkyl halides is 3. The average Bonchev–Trinajstić information content (AvgIpc) is 3.21. The fraction of sp³-hybridized carbons (Fsp3) is 0.407. The SMILES string of the molecule is CC(C)c1c(-c2ccc(F)c(F)c2)nc2n1CCN(C(=O)CN)C2(C)C.Cc1cc(F)cc(C(F)(F)F)c1. The second-order valence-corrected chi connectivity index (χ2v) is 9.93. The predicted molar refractivity (Wildman–Crippen MR) is 132 cm³/mol. The molecule has 0 aliphatic carbocycles. The Kier molecular flexibility index (Phi) is 8.30. The van der Waals surface area contributed by atoms with Crippen LogP contribution in [0.4, 0.5) is 26.3 Å². The van der Waals surface area contributed by atoms with Crippen molar-refractivity contribution in [1.82, 2.24) is 14.5 Å². The van der Waals surface area contributed by atoms with E-state index < -0.39 is 34.7 Å². The van der Waals surface area contributed by atoms with Crippen LogP contribution in [0, 0.1) is 24.4 Å². The van der Waals surface area contributed by atoms with Crippen molar-refractivity contribution in [2.45, 2.75) is 58.8 Å². The Bertz CT molecular complexity index is 1310. The normalized spacial score (nSPS) is 14.7. The van der Waals surface area contributed by atoms with Gasteiger partial charge < -0.3 is 15.2 Å². The van der Waals surface area contributed by atoms with Gasteiger partial charge in [0.2, 0.25) is 5.91 Å². The number of hydrogen-bond acceptors (Lipinski definition) is 3. The van der Waals surface area contributed by atoms with Gasteiger partial charge in [-0.2, -0.15) is 13.2 Å². The van der Waals surface area contributed by atoms with Crippen LogP contribution in [0.3, 0.4) is 0 Å². The highest BCUT2D eigenvalue weighted by atomic mass is 19.4. The summed E-state index contributed by atoms with van der Waals surface area (Å²) >= 11 is 0. The lowest BCUT2D eigenvalue weighted by molar-refractivity contribution is -0.138. The molecule has 1 amide bonds. The molecule has 11 heteroatoms. The Morgan fingerprint density at radius 2 is 1.71 bits per heavy atom. The summed E-state index contributed by atoms with van der Waals surface area (Å²) in [6.45, 7) is 10.4. The van der Waals surface area contributed by atoms with Gasteiger partial charge >= 0.3 is 6.18 Å². The molecule has 2 N–H and O–H groups in total. The molecule has 0 radical (unpaired) electrons. The van der Waals surface area contributed by atoms with Gasteiger partial charge in [0.15, 0.2) is 11.6 Å². The molecule has 0 fully saturated rings. The average molecular weight is 541 g/mol. The fourth-order valence-electron chi connectivity index (χ4n) is 4.65. The van der Waals surface area contributed by atoms with Gasteiger partial charge in [-0.15, -0.1) is 0 Å². The number of amides is 1. The molecule has 5 nitrogen and oxygen atoms in total. The van der Waals surface area contributed by atoms with E-state index in [1.807, 2.05) is 27.7 Å². The maximum atomic E-state index is 13.8. The van der Waals surface area contributed by atoms with E-state index in [0.29, 0.717) is 30.4 Å². The Morgan fingerprint density at radius 3 is 2.24 bits per heavy atom. The van der Waals surface area contributed by atoms with Crippen LogP contribution in [-0.2, 0) is 23.1 Å². The summed E-state index contributed by atoms with van der Waals surface area (Å²) in [7, 11) is 0. The van der Waals surface area contributed by atoms with Crippen molar-refractivity contribution in [2.75, 3.05) is 13.1 Å². The van der Waals surface area contributed by atoms with Crippen molar-refractivity contribution in [1.29, 1.82) is 0 Å². The van der Waals surface area contributed by atoms with Crippen molar-refractivity contribution in [3.8, 4) is 11.3 Å². The molecule has 38 heavy (non-hydrogen) atoms. The Hall–Kier alpha value is -3.34. The molecule has 1 aromatic heterocycles. The molecule has 1 aliphatic heterocycles. The van der Waals surface area contributed by atoms with Gasteiger partial charge in [-0.3, -0.25) is 4.79 Å². The fourth-order valence-corrected chi connectivity index (χ4v) is 4.65. The maximum absolute atomic E-state index is 13.8. The summed E-state index contributed by atoms with van der Waals surface area (Å²) in [6.07, 6.45) is -4.47. The predicted octanol–water partition coefficient (Wildman–Crippen LogP) is 6.14. The van der Waals surface area contributed by atoms with Gasteiger partial charge in [0.1, 0.15) is 11.6 Å². The number of carbonyl (C=O) groups is 1. The van der Waals surface area contributed by atoms with E-state index in [1.54, 1.807) is 4.90 Å². The molecule has 0 bridgehead atoms. The summed E-state index contributed by atoms with van der Waals surface area (Å²) < 4.78 is 77.6. The van der Waals surface area contributed by atoms with Crippen LogP contribution < -0.4 is 5.73 Å². The van der Waals surface area contributed by atoms with E-state index in [0.717, 1.165) is 29.7 Å². The molecule has 2 heterocycles. The number of imidazole rings is 1. The Morgan fingerprint density at radius 1 is 1.05 bits per heavy atom. The van der Waals surface area contributed by atoms with Crippen molar-refractivity contribution < 1.29 is 31.1 Å². The van der Waals surface area contributed by atoms with Crippen LogP contribution in [0.2, 0.25) is 0 Å². The van der Waals surface area contributed by atoms with E-state index in [-0.39, 0.29) is 23.9 Å². The highest BCUT2D eigenvalue weighted by molar-refractivity contribution is 5.79. The van der Waals surface area contributed by atoms with Gasteiger partial charge in [0, 0.05) is 24.3 Å². The van der Waals surface area contributed by atoms with Crippen molar-refractivity contribution in [3.05, 3.63) is 76.5 Å². The minimum Gasteiger partial charge on any atom is -0.327 e. The largest absolute Gasteiger partial charge is 0.416 e. The third-order valence-electron chi connectivity index (χ3n) is 6.36. The first-order valence-electron chi connectivity index (χ1n) is 12.0. The quantitative estimate of drug-likeness (QED) is 0.406. The number of fused-ring (bicyclic) bond motifs is 1. The number of aromatic nitrogens is 2. The van der Waals surface area contributed by atoms with Crippen LogP contribution in [0.5, 0.6) is 0 Å². The molecular weight excluding hydrogens is 510 g/mol. The Balaban J connectivity index is 0.000000279. The lowest BCUT2D eigenvalue weighted by atomic mass is 9.98. The molecule has 4 rings (SSSR count). The minimum atomic E-state index is -4.47. The van der Waals surface area contributed by atoms with Gasteiger partial charge in [0.05, 0.1) is 23.3 Å². The van der Waals surface area contributed by atoms with E-state index in [1.165, 1.54) is 19.1 Å². The lowest BCUT2D eigenvalue weighted by Crippen LogP contribution is -2.53. The molecule has 0 spiro atoms. The summed E-state index contributed by atoms with van der Waals surface area (Å²) in [5.41, 5.74) is 6.35. The number of rotatable bonds is 3. The van der Waals surface area contributed by atoms with E-state index in [2.05, 4.69) is 4.57 Å². The highest BCUT2D eigenvalue weighted by Gasteiger charge is 2.41. The number of halogens is 6. The zero-order valence-corrected chi connectivity index (χ0v) is 21.8. The number of aryl methyl sites for hydroxylation is 1. The van der Waals surface area contributed by atoms with Crippen molar-refractivity contribution >= 4 is 5.91 Å². The number of benzene rings is 2. The van der Waals surface area contributed by atoms with Crippen LogP contribution in [0.25, 0.3) is 11.3 Å². The van der Waals surface area contributed by atoms with E-state index >= 15 is 0 Å². The van der Waals surface area contributed by atoms with Crippen LogP contribution in [-0.4, -0.2) is 33.4 Å². The molecular formula is C27H30F6N4O. The van der Waals surface area contributed by atoms with Crippen molar-refractivity contribution in [2.24, 2.45) is 5.73 Å². The highest BCUT2D eigenvalue weighted by Crippen LogP contribution is 2.38. The zero-order chi connectivity index (χ0) is 28.6. The summed E-state index contributed by atoms with van der Waals surface area (Å²) in [5.74, 6) is -1.92. The summed E-state index contributed by atoms with van der Waals surface area (Å²) in [5, 5.41) is 0. The number of nitrogens with zero attached hydrogens (tertiary/aromatic N) is 3. The molecule has 0 saturated heterocycles. The molecule has 2 aromatic carbocycles. The molecule has 0 atom stereocenters. The van der Waals surface area contributed by atoms with Gasteiger partial charge in [-0.25, -0.2) is 18.2 Å². The van der Waals surface area contributed by atoms with Crippen LogP contribution in [0.1, 0.15) is 56.3 Å². The molecule has 1 aliphatic rings. The lowest BCUT2D eigenvalue weighted by Gasteiger charge is -2.42. The molecule has 3 aromatic rings. The topological polar surface area (TPSA) is 64.2 Å². The summed E-state index contributed by atoms with van der Waals surface area (Å²) in [4.78, 5) is 18.7. The number of carbonyl (C=O) groups excluding carboxylic acids is 1. The smallest absolute Gasteiger partial charge is 0.327 e. The first kappa shape index (κ1) is 29.2. The standard InChI is InChI=1S/C19H24F2N4O.C8H6F4/c1-11(2)17-16(12-5-6-13(20)14(21)9-12)23-18-19(3,4)25(15(26)10-22)8-7-24(17)18;1-5-2-6(8(10,11)12)4-7(9)3-5/h5-6,9,11H,7-8,10,22H2,1-4H3;2-4H,1H3. The number of nitrogens with two attached hydrogens (primary N) is 1. The minimum absolute atomic E-state index is 0.0583. The molecule has 0 saturated carbocycles. The van der Waals surface area contributed by atoms with Crippen LogP contribution >= 0.6 is 0 Å². The summed E-state index contributed by atoms with van der Waals surface area (Å²) in [6, 6.07) is 6.26. The monoisotopic (exact) mass is 540 g/mol. The van der Waals surface area contributed by atoms with E-state index in [9.17, 15) is 31.1 Å². The maximum Gasteiger partial charge on any atom is 0.416 e. The van der Waals surface area contributed by atoms with Gasteiger partial charge in [-0.1, -0.05) is 13.8 Å². The molecule has 206 valence electrons. The van der Waals surface area contributed by atoms with E-state index in [4.69, 9.17) is 10.7 Å². The van der Waals surface area contributed by atoms with Crippen molar-refractivity contribution in [3.63, 3.8) is 0 Å². The third kappa shape index (κ3) is 5.87.